The predicted octanol–water partition coefficient (Wildman–Crippen LogP) is 0.421. The molecule has 0 radical (unpaired) electrons. The van der Waals surface area contributed by atoms with E-state index in [1.165, 1.54) is 21.6 Å². The molecule has 0 aliphatic carbocycles. The Morgan fingerprint density at radius 2 is 2.50 bits per heavy atom. The average Bonchev–Trinajstić information content (AvgIpc) is 2.97. The van der Waals surface area contributed by atoms with Crippen LogP contribution in [-0.4, -0.2) is 61.6 Å². The SMILES string of the molecule is CN(Cc1ncc[nH]1)C(=O)N1CSCC1C(=O)O. The number of imidazole rings is 1. The summed E-state index contributed by atoms with van der Waals surface area (Å²) in [4.78, 5) is 32.9. The predicted molar refractivity (Wildman–Crippen MR) is 66.0 cm³/mol. The molecule has 2 N–H and O–H groups in total. The molecule has 1 aliphatic heterocycles. The fourth-order valence-electron chi connectivity index (χ4n) is 1.73. The van der Waals surface area contributed by atoms with E-state index in [1.54, 1.807) is 19.4 Å². The van der Waals surface area contributed by atoms with Crippen LogP contribution in [0.25, 0.3) is 0 Å². The maximum Gasteiger partial charge on any atom is 0.327 e. The number of urea groups is 1. The van der Waals surface area contributed by atoms with Crippen molar-refractivity contribution in [1.82, 2.24) is 19.8 Å². The molecule has 1 saturated heterocycles. The molecule has 0 aromatic carbocycles. The Hall–Kier alpha value is -1.70. The van der Waals surface area contributed by atoms with Crippen molar-refractivity contribution in [3.63, 3.8) is 0 Å². The molecule has 1 atom stereocenters. The average molecular weight is 270 g/mol. The molecule has 1 aliphatic rings. The number of hydrogen-bond acceptors (Lipinski definition) is 4. The van der Waals surface area contributed by atoms with Crippen molar-refractivity contribution < 1.29 is 14.7 Å². The van der Waals surface area contributed by atoms with Crippen LogP contribution >= 0.6 is 11.8 Å². The summed E-state index contributed by atoms with van der Waals surface area (Å²) in [6, 6.07) is -1.02. The van der Waals surface area contributed by atoms with E-state index in [0.717, 1.165) is 0 Å². The zero-order valence-electron chi connectivity index (χ0n) is 9.87. The van der Waals surface area contributed by atoms with Gasteiger partial charge in [0.1, 0.15) is 11.9 Å². The molecule has 2 amide bonds. The van der Waals surface area contributed by atoms with Gasteiger partial charge in [-0.3, -0.25) is 0 Å². The zero-order valence-corrected chi connectivity index (χ0v) is 10.7. The lowest BCUT2D eigenvalue weighted by atomic mass is 10.3. The summed E-state index contributed by atoms with van der Waals surface area (Å²) in [7, 11) is 1.63. The minimum Gasteiger partial charge on any atom is -0.480 e. The van der Waals surface area contributed by atoms with E-state index in [9.17, 15) is 9.59 Å². The van der Waals surface area contributed by atoms with Crippen LogP contribution in [0, 0.1) is 0 Å². The van der Waals surface area contributed by atoms with Gasteiger partial charge in [0.15, 0.2) is 0 Å². The highest BCUT2D eigenvalue weighted by atomic mass is 32.2. The second-order valence-electron chi connectivity index (χ2n) is 4.00. The van der Waals surface area contributed by atoms with Crippen molar-refractivity contribution in [3.05, 3.63) is 18.2 Å². The molecule has 18 heavy (non-hydrogen) atoms. The van der Waals surface area contributed by atoms with Gasteiger partial charge in [-0.05, 0) is 0 Å². The summed E-state index contributed by atoms with van der Waals surface area (Å²) in [5.74, 6) is 0.567. The van der Waals surface area contributed by atoms with E-state index in [2.05, 4.69) is 9.97 Å². The highest BCUT2D eigenvalue weighted by Gasteiger charge is 2.36. The first-order valence-electron chi connectivity index (χ1n) is 5.40. The van der Waals surface area contributed by atoms with Crippen molar-refractivity contribution in [2.24, 2.45) is 0 Å². The number of aliphatic carboxylic acids is 1. The number of thioether (sulfide) groups is 1. The molecule has 7 nitrogen and oxygen atoms in total. The third-order valence-corrected chi connectivity index (χ3v) is 3.69. The highest BCUT2D eigenvalue weighted by molar-refractivity contribution is 7.99. The van der Waals surface area contributed by atoms with Crippen molar-refractivity contribution >= 4 is 23.8 Å². The normalized spacial score (nSPS) is 18.9. The van der Waals surface area contributed by atoms with Crippen LogP contribution in [0.2, 0.25) is 0 Å². The molecule has 98 valence electrons. The summed E-state index contributed by atoms with van der Waals surface area (Å²) in [6.45, 7) is 0.333. The van der Waals surface area contributed by atoms with Crippen molar-refractivity contribution in [2.45, 2.75) is 12.6 Å². The van der Waals surface area contributed by atoms with Gasteiger partial charge in [-0.2, -0.15) is 0 Å². The molecule has 8 heteroatoms. The van der Waals surface area contributed by atoms with Gasteiger partial charge in [-0.1, -0.05) is 0 Å². The third-order valence-electron chi connectivity index (χ3n) is 2.68. The smallest absolute Gasteiger partial charge is 0.327 e. The number of nitrogens with zero attached hydrogens (tertiary/aromatic N) is 3. The van der Waals surface area contributed by atoms with Crippen LogP contribution in [0.1, 0.15) is 5.82 Å². The minimum absolute atomic E-state index is 0.288. The monoisotopic (exact) mass is 270 g/mol. The summed E-state index contributed by atoms with van der Waals surface area (Å²) in [6.07, 6.45) is 3.29. The molecule has 1 aromatic heterocycles. The topological polar surface area (TPSA) is 89.5 Å². The molecule has 2 heterocycles. The number of aromatic nitrogens is 2. The molecule has 1 aromatic rings. The van der Waals surface area contributed by atoms with Crippen LogP contribution in [0.3, 0.4) is 0 Å². The van der Waals surface area contributed by atoms with Crippen LogP contribution in [-0.2, 0) is 11.3 Å². The number of hydrogen-bond donors (Lipinski definition) is 2. The lowest BCUT2D eigenvalue weighted by Gasteiger charge is -2.26. The minimum atomic E-state index is -0.959. The second-order valence-corrected chi connectivity index (χ2v) is 5.00. The molecule has 0 bridgehead atoms. The Bertz CT molecular complexity index is 436. The second kappa shape index (κ2) is 5.30. The maximum atomic E-state index is 12.1. The number of amides is 2. The van der Waals surface area contributed by atoms with Gasteiger partial charge in [0.25, 0.3) is 0 Å². The van der Waals surface area contributed by atoms with Crippen molar-refractivity contribution in [2.75, 3.05) is 18.7 Å². The molecule has 2 rings (SSSR count). The summed E-state index contributed by atoms with van der Waals surface area (Å²) < 4.78 is 0. The Morgan fingerprint density at radius 3 is 3.11 bits per heavy atom. The summed E-state index contributed by atoms with van der Waals surface area (Å²) in [5, 5.41) is 9.03. The standard InChI is InChI=1S/C10H14N4O3S/c1-13(4-8-11-2-3-12-8)10(17)14-6-18-5-7(14)9(15)16/h2-3,7H,4-6H2,1H3,(H,11,12)(H,15,16). The number of carboxylic acids is 1. The first-order chi connectivity index (χ1) is 8.59. The van der Waals surface area contributed by atoms with Crippen LogP contribution in [0.4, 0.5) is 4.79 Å². The highest BCUT2D eigenvalue weighted by Crippen LogP contribution is 2.22. The van der Waals surface area contributed by atoms with Crippen LogP contribution in [0.5, 0.6) is 0 Å². The molecule has 0 spiro atoms. The van der Waals surface area contributed by atoms with E-state index in [4.69, 9.17) is 5.11 Å². The fraction of sp³-hybridized carbons (Fsp3) is 0.500. The summed E-state index contributed by atoms with van der Waals surface area (Å²) in [5.41, 5.74) is 0. The van der Waals surface area contributed by atoms with Gasteiger partial charge in [0, 0.05) is 25.2 Å². The van der Waals surface area contributed by atoms with E-state index in [-0.39, 0.29) is 6.03 Å². The number of aromatic amines is 1. The number of carboxylic acid groups (broad SMARTS) is 1. The van der Waals surface area contributed by atoms with E-state index >= 15 is 0 Å². The Kier molecular flexibility index (Phi) is 3.75. The Balaban J connectivity index is 1.99. The zero-order chi connectivity index (χ0) is 13.1. The molecule has 1 unspecified atom stereocenters. The molecule has 1 fully saturated rings. The lowest BCUT2D eigenvalue weighted by molar-refractivity contribution is -0.140. The fourth-order valence-corrected chi connectivity index (χ4v) is 2.87. The number of carbonyl (C=O) groups excluding carboxylic acids is 1. The molecular formula is C10H14N4O3S. The quantitative estimate of drug-likeness (QED) is 0.831. The number of carbonyl (C=O) groups is 2. The van der Waals surface area contributed by atoms with Crippen LogP contribution < -0.4 is 0 Å². The number of H-pyrrole nitrogens is 1. The molecular weight excluding hydrogens is 256 g/mol. The van der Waals surface area contributed by atoms with Gasteiger partial charge >= 0.3 is 12.0 Å². The van der Waals surface area contributed by atoms with E-state index < -0.39 is 12.0 Å². The summed E-state index contributed by atoms with van der Waals surface area (Å²) >= 11 is 1.45. The largest absolute Gasteiger partial charge is 0.480 e. The first kappa shape index (κ1) is 12.7. The number of rotatable bonds is 3. The molecule has 0 saturated carbocycles. The van der Waals surface area contributed by atoms with Gasteiger partial charge in [-0.15, -0.1) is 11.8 Å². The number of nitrogens with one attached hydrogen (secondary N) is 1. The van der Waals surface area contributed by atoms with Gasteiger partial charge in [0.05, 0.1) is 12.4 Å². The Morgan fingerprint density at radius 1 is 1.72 bits per heavy atom. The van der Waals surface area contributed by atoms with Gasteiger partial charge in [0.2, 0.25) is 0 Å². The van der Waals surface area contributed by atoms with Crippen molar-refractivity contribution in [3.8, 4) is 0 Å². The third kappa shape index (κ3) is 2.58. The Labute approximate surface area is 108 Å². The van der Waals surface area contributed by atoms with E-state index in [0.29, 0.717) is 24.0 Å². The van der Waals surface area contributed by atoms with Crippen LogP contribution in [0.15, 0.2) is 12.4 Å². The van der Waals surface area contributed by atoms with E-state index in [1.807, 2.05) is 0 Å². The van der Waals surface area contributed by atoms with Crippen molar-refractivity contribution in [1.29, 1.82) is 0 Å². The lowest BCUT2D eigenvalue weighted by Crippen LogP contribution is -2.47. The van der Waals surface area contributed by atoms with Gasteiger partial charge < -0.3 is 19.9 Å². The van der Waals surface area contributed by atoms with Gasteiger partial charge in [-0.25, -0.2) is 14.6 Å². The maximum absolute atomic E-state index is 12.1. The first-order valence-corrected chi connectivity index (χ1v) is 6.55.